The lowest BCUT2D eigenvalue weighted by atomic mass is 10.1. The van der Waals surface area contributed by atoms with Gasteiger partial charge < -0.3 is 24.2 Å². The molecule has 170 valence electrons. The van der Waals surface area contributed by atoms with Crippen molar-refractivity contribution in [1.29, 1.82) is 0 Å². The second-order valence-electron chi connectivity index (χ2n) is 9.15. The van der Waals surface area contributed by atoms with Crippen molar-refractivity contribution in [2.75, 3.05) is 13.6 Å². The highest BCUT2D eigenvalue weighted by molar-refractivity contribution is 5.96. The number of amides is 2. The minimum atomic E-state index is -0.925. The fraction of sp³-hybridized carbons (Fsp3) is 0.455. The van der Waals surface area contributed by atoms with Gasteiger partial charge in [0, 0.05) is 20.1 Å². The van der Waals surface area contributed by atoms with Gasteiger partial charge in [0.05, 0.1) is 12.1 Å². The zero-order chi connectivity index (χ0) is 23.4. The van der Waals surface area contributed by atoms with Crippen LogP contribution in [0.25, 0.3) is 0 Å². The summed E-state index contributed by atoms with van der Waals surface area (Å²) in [5, 5.41) is 10.4. The second kappa shape index (κ2) is 7.61. The molecule has 1 N–H and O–H groups in total. The number of aromatic hydroxyl groups is 1. The van der Waals surface area contributed by atoms with Crippen LogP contribution in [0.2, 0.25) is 0 Å². The monoisotopic (exact) mass is 444 g/mol. The number of hydrogen-bond acceptors (Lipinski definition) is 6. The Morgan fingerprint density at radius 3 is 2.56 bits per heavy atom. The SMILES string of the molecule is CN(C(=O)OC(C)(C)C)C1CC2CN(Cc3ccc(F)cc3)C(=O)c3c(O)c(=O)nc1n32. The fourth-order valence-corrected chi connectivity index (χ4v) is 4.20. The number of benzene rings is 1. The summed E-state index contributed by atoms with van der Waals surface area (Å²) in [5.41, 5.74) is -1.05. The molecule has 0 bridgehead atoms. The molecular weight excluding hydrogens is 419 g/mol. The normalized spacial score (nSPS) is 19.7. The molecule has 1 aromatic heterocycles. The summed E-state index contributed by atoms with van der Waals surface area (Å²) >= 11 is 0. The largest absolute Gasteiger partial charge is 0.501 e. The third-order valence-corrected chi connectivity index (χ3v) is 5.65. The summed E-state index contributed by atoms with van der Waals surface area (Å²) in [7, 11) is 1.56. The van der Waals surface area contributed by atoms with Crippen LogP contribution in [0.15, 0.2) is 29.1 Å². The van der Waals surface area contributed by atoms with E-state index in [4.69, 9.17) is 4.74 Å². The number of carbonyl (C=O) groups excluding carboxylic acids is 2. The summed E-state index contributed by atoms with van der Waals surface area (Å²) in [6.07, 6.45) is -0.182. The predicted molar refractivity (Wildman–Crippen MR) is 112 cm³/mol. The molecule has 4 rings (SSSR count). The van der Waals surface area contributed by atoms with Gasteiger partial charge in [0.1, 0.15) is 17.2 Å². The van der Waals surface area contributed by atoms with Crippen molar-refractivity contribution in [3.05, 3.63) is 57.5 Å². The summed E-state index contributed by atoms with van der Waals surface area (Å²) in [5.74, 6) is -1.37. The van der Waals surface area contributed by atoms with Gasteiger partial charge in [-0.25, -0.2) is 9.18 Å². The standard InChI is InChI=1S/C22H25FN4O5/c1-22(2,3)32-21(31)25(4)15-9-14-11-26(10-12-5-7-13(23)8-6-12)20(30)16-17(28)19(29)24-18(15)27(14)16/h5-8,14-15,28H,9-11H2,1-4H3. The van der Waals surface area contributed by atoms with Gasteiger partial charge in [-0.3, -0.25) is 9.59 Å². The average molecular weight is 444 g/mol. The van der Waals surface area contributed by atoms with Crippen LogP contribution in [0.5, 0.6) is 5.75 Å². The zero-order valence-electron chi connectivity index (χ0n) is 18.3. The van der Waals surface area contributed by atoms with Crippen LogP contribution >= 0.6 is 0 Å². The average Bonchev–Trinajstić information content (AvgIpc) is 3.05. The van der Waals surface area contributed by atoms with Gasteiger partial charge in [0.15, 0.2) is 5.69 Å². The van der Waals surface area contributed by atoms with Crippen molar-refractivity contribution in [1.82, 2.24) is 19.4 Å². The Morgan fingerprint density at radius 1 is 1.28 bits per heavy atom. The van der Waals surface area contributed by atoms with E-state index in [2.05, 4.69) is 4.98 Å². The Balaban J connectivity index is 1.69. The van der Waals surface area contributed by atoms with E-state index in [9.17, 15) is 23.9 Å². The molecule has 9 nitrogen and oxygen atoms in total. The Kier molecular flexibility index (Phi) is 5.18. The molecule has 2 unspecified atom stereocenters. The van der Waals surface area contributed by atoms with Gasteiger partial charge in [-0.15, -0.1) is 0 Å². The quantitative estimate of drug-likeness (QED) is 0.780. The molecule has 1 aromatic carbocycles. The van der Waals surface area contributed by atoms with Crippen molar-refractivity contribution in [3.8, 4) is 5.75 Å². The maximum atomic E-state index is 13.2. The van der Waals surface area contributed by atoms with Crippen LogP contribution in [0, 0.1) is 5.82 Å². The number of rotatable bonds is 3. The van der Waals surface area contributed by atoms with Crippen molar-refractivity contribution in [2.24, 2.45) is 0 Å². The van der Waals surface area contributed by atoms with Crippen LogP contribution < -0.4 is 5.56 Å². The maximum absolute atomic E-state index is 13.2. The van der Waals surface area contributed by atoms with Crippen LogP contribution in [0.4, 0.5) is 9.18 Å². The molecule has 2 aromatic rings. The molecule has 3 heterocycles. The van der Waals surface area contributed by atoms with Crippen molar-refractivity contribution in [2.45, 2.75) is 51.4 Å². The molecule has 2 atom stereocenters. The van der Waals surface area contributed by atoms with E-state index in [1.54, 1.807) is 44.5 Å². The molecule has 32 heavy (non-hydrogen) atoms. The van der Waals surface area contributed by atoms with Gasteiger partial charge in [0.2, 0.25) is 5.75 Å². The first-order valence-corrected chi connectivity index (χ1v) is 10.3. The number of aromatic nitrogens is 2. The molecule has 0 radical (unpaired) electrons. The molecule has 0 saturated heterocycles. The highest BCUT2D eigenvalue weighted by Crippen LogP contribution is 2.42. The highest BCUT2D eigenvalue weighted by Gasteiger charge is 2.45. The molecule has 0 saturated carbocycles. The van der Waals surface area contributed by atoms with Crippen LogP contribution in [0.3, 0.4) is 0 Å². The molecule has 0 fully saturated rings. The maximum Gasteiger partial charge on any atom is 0.410 e. The number of nitrogens with zero attached hydrogens (tertiary/aromatic N) is 4. The van der Waals surface area contributed by atoms with E-state index < -0.39 is 35.0 Å². The van der Waals surface area contributed by atoms with Crippen LogP contribution in [0.1, 0.15) is 61.2 Å². The molecule has 0 spiro atoms. The second-order valence-corrected chi connectivity index (χ2v) is 9.15. The van der Waals surface area contributed by atoms with Crippen molar-refractivity contribution in [3.63, 3.8) is 0 Å². The van der Waals surface area contributed by atoms with Gasteiger partial charge in [-0.1, -0.05) is 12.1 Å². The van der Waals surface area contributed by atoms with Gasteiger partial charge in [-0.2, -0.15) is 4.98 Å². The van der Waals surface area contributed by atoms with E-state index in [1.165, 1.54) is 21.9 Å². The zero-order valence-corrected chi connectivity index (χ0v) is 18.3. The summed E-state index contributed by atoms with van der Waals surface area (Å²) in [6, 6.07) is 4.88. The lowest BCUT2D eigenvalue weighted by Crippen LogP contribution is -2.43. The number of carbonyl (C=O) groups is 2. The van der Waals surface area contributed by atoms with Gasteiger partial charge in [0.25, 0.3) is 5.91 Å². The van der Waals surface area contributed by atoms with E-state index in [1.807, 2.05) is 0 Å². The van der Waals surface area contributed by atoms with Crippen molar-refractivity contribution < 1.29 is 23.8 Å². The smallest absolute Gasteiger partial charge is 0.410 e. The predicted octanol–water partition coefficient (Wildman–Crippen LogP) is 2.60. The minimum absolute atomic E-state index is 0.140. The Bertz CT molecular complexity index is 1140. The number of halogens is 1. The molecular formula is C22H25FN4O5. The summed E-state index contributed by atoms with van der Waals surface area (Å²) in [6.45, 7) is 5.74. The highest BCUT2D eigenvalue weighted by atomic mass is 19.1. The van der Waals surface area contributed by atoms with Crippen molar-refractivity contribution >= 4 is 12.0 Å². The van der Waals surface area contributed by atoms with Gasteiger partial charge >= 0.3 is 11.7 Å². The molecule has 0 aliphatic carbocycles. The first kappa shape index (κ1) is 21.8. The fourth-order valence-electron chi connectivity index (χ4n) is 4.20. The molecule has 10 heteroatoms. The Morgan fingerprint density at radius 2 is 1.94 bits per heavy atom. The lowest BCUT2D eigenvalue weighted by Gasteiger charge is -2.33. The topological polar surface area (TPSA) is 105 Å². The summed E-state index contributed by atoms with van der Waals surface area (Å²) < 4.78 is 20.2. The Labute approximate surface area is 184 Å². The van der Waals surface area contributed by atoms with E-state index in [-0.39, 0.29) is 29.9 Å². The molecule has 2 aliphatic rings. The first-order valence-electron chi connectivity index (χ1n) is 10.3. The van der Waals surface area contributed by atoms with Crippen LogP contribution in [-0.2, 0) is 11.3 Å². The molecule has 2 aliphatic heterocycles. The minimum Gasteiger partial charge on any atom is -0.501 e. The first-order chi connectivity index (χ1) is 15.0. The Hall–Kier alpha value is -3.43. The lowest BCUT2D eigenvalue weighted by molar-refractivity contribution is 0.0210. The van der Waals surface area contributed by atoms with Gasteiger partial charge in [-0.05, 0) is 44.9 Å². The third kappa shape index (κ3) is 3.80. The third-order valence-electron chi connectivity index (χ3n) is 5.65. The number of ether oxygens (including phenoxy) is 1. The summed E-state index contributed by atoms with van der Waals surface area (Å²) in [4.78, 5) is 45.0. The van der Waals surface area contributed by atoms with E-state index in [0.717, 1.165) is 0 Å². The van der Waals surface area contributed by atoms with E-state index >= 15 is 0 Å². The number of hydrogen-bond donors (Lipinski definition) is 1. The van der Waals surface area contributed by atoms with E-state index in [0.29, 0.717) is 18.5 Å². The van der Waals surface area contributed by atoms with Crippen LogP contribution in [-0.4, -0.2) is 55.7 Å². The molecule has 2 amide bonds.